The van der Waals surface area contributed by atoms with Gasteiger partial charge < -0.3 is 4.90 Å². The number of hydrogen-bond acceptors (Lipinski definition) is 3. The molecule has 4 heteroatoms. The second kappa shape index (κ2) is 5.67. The van der Waals surface area contributed by atoms with E-state index in [4.69, 9.17) is 11.6 Å². The first-order valence-electron chi connectivity index (χ1n) is 6.35. The Hall–Kier alpha value is -0.830. The molecule has 0 saturated heterocycles. The zero-order chi connectivity index (χ0) is 12.3. The largest absolute Gasteiger partial charge is 0.359 e. The second-order valence-corrected chi connectivity index (χ2v) is 5.55. The molecule has 1 aliphatic rings. The third-order valence-corrected chi connectivity index (χ3v) is 3.67. The van der Waals surface area contributed by atoms with Gasteiger partial charge in [0.2, 0.25) is 0 Å². The average molecular weight is 254 g/mol. The van der Waals surface area contributed by atoms with Crippen LogP contribution in [0, 0.1) is 5.92 Å². The molecule has 0 amide bonds. The van der Waals surface area contributed by atoms with Gasteiger partial charge in [-0.3, -0.25) is 0 Å². The minimum Gasteiger partial charge on any atom is -0.359 e. The fourth-order valence-electron chi connectivity index (χ4n) is 2.27. The van der Waals surface area contributed by atoms with Crippen LogP contribution in [0.3, 0.4) is 0 Å². The van der Waals surface area contributed by atoms with E-state index in [1.807, 2.05) is 0 Å². The molecule has 1 aliphatic carbocycles. The van der Waals surface area contributed by atoms with Crippen molar-refractivity contribution in [2.24, 2.45) is 5.92 Å². The van der Waals surface area contributed by atoms with E-state index in [9.17, 15) is 0 Å². The van der Waals surface area contributed by atoms with Crippen molar-refractivity contribution in [3.8, 4) is 0 Å². The molecular formula is C13H20ClN3. The summed E-state index contributed by atoms with van der Waals surface area (Å²) in [6.07, 6.45) is 6.09. The molecule has 1 aromatic heterocycles. The van der Waals surface area contributed by atoms with Crippen LogP contribution in [-0.2, 0) is 6.42 Å². The van der Waals surface area contributed by atoms with Gasteiger partial charge in [-0.1, -0.05) is 13.3 Å². The molecule has 1 fully saturated rings. The van der Waals surface area contributed by atoms with Gasteiger partial charge in [0.15, 0.2) is 0 Å². The van der Waals surface area contributed by atoms with Crippen molar-refractivity contribution >= 4 is 17.4 Å². The quantitative estimate of drug-likeness (QED) is 0.756. The molecule has 0 atom stereocenters. The number of anilines is 1. The van der Waals surface area contributed by atoms with Gasteiger partial charge in [-0.05, 0) is 25.2 Å². The first-order valence-corrected chi connectivity index (χ1v) is 6.78. The fourth-order valence-corrected chi connectivity index (χ4v) is 2.78. The maximum Gasteiger partial charge on any atom is 0.131 e. The Bertz CT molecular complexity index is 363. The Morgan fingerprint density at radius 2 is 2.18 bits per heavy atom. The highest BCUT2D eigenvalue weighted by Gasteiger charge is 2.28. The van der Waals surface area contributed by atoms with Crippen LogP contribution in [0.1, 0.15) is 31.9 Å². The second-order valence-electron chi connectivity index (χ2n) is 4.93. The highest BCUT2D eigenvalue weighted by Crippen LogP contribution is 2.32. The van der Waals surface area contributed by atoms with Gasteiger partial charge in [0, 0.05) is 30.7 Å². The Kier molecular flexibility index (Phi) is 4.21. The van der Waals surface area contributed by atoms with Gasteiger partial charge in [-0.25, -0.2) is 9.97 Å². The summed E-state index contributed by atoms with van der Waals surface area (Å²) in [7, 11) is 2.10. The number of hydrogen-bond donors (Lipinski definition) is 0. The molecular weight excluding hydrogens is 234 g/mol. The summed E-state index contributed by atoms with van der Waals surface area (Å²) >= 11 is 6.00. The van der Waals surface area contributed by atoms with Crippen molar-refractivity contribution in [2.45, 2.75) is 38.0 Å². The number of alkyl halides is 1. The molecule has 1 heterocycles. The highest BCUT2D eigenvalue weighted by molar-refractivity contribution is 6.21. The first-order chi connectivity index (χ1) is 8.19. The lowest BCUT2D eigenvalue weighted by atomic mass is 9.84. The van der Waals surface area contributed by atoms with E-state index >= 15 is 0 Å². The van der Waals surface area contributed by atoms with Crippen LogP contribution in [-0.4, -0.2) is 28.9 Å². The van der Waals surface area contributed by atoms with E-state index in [2.05, 4.69) is 34.9 Å². The maximum absolute atomic E-state index is 6.00. The lowest BCUT2D eigenvalue weighted by molar-refractivity contribution is 0.328. The van der Waals surface area contributed by atoms with Crippen molar-refractivity contribution < 1.29 is 0 Å². The van der Waals surface area contributed by atoms with Crippen molar-refractivity contribution in [2.75, 3.05) is 18.5 Å². The van der Waals surface area contributed by atoms with Crippen LogP contribution in [0.15, 0.2) is 12.4 Å². The van der Waals surface area contributed by atoms with Gasteiger partial charge in [0.25, 0.3) is 0 Å². The molecule has 0 spiro atoms. The van der Waals surface area contributed by atoms with Crippen LogP contribution in [0.4, 0.5) is 5.82 Å². The molecule has 0 bridgehead atoms. The predicted octanol–water partition coefficient (Wildman–Crippen LogP) is 2.88. The van der Waals surface area contributed by atoms with E-state index in [1.54, 1.807) is 6.33 Å². The molecule has 1 aromatic rings. The Labute approximate surface area is 108 Å². The van der Waals surface area contributed by atoms with E-state index in [1.165, 1.54) is 0 Å². The third-order valence-electron chi connectivity index (χ3n) is 3.32. The Balaban J connectivity index is 1.93. The first kappa shape index (κ1) is 12.6. The molecule has 0 N–H and O–H groups in total. The molecule has 0 unspecified atom stereocenters. The summed E-state index contributed by atoms with van der Waals surface area (Å²) in [4.78, 5) is 10.8. The molecule has 94 valence electrons. The average Bonchev–Trinajstić information content (AvgIpc) is 2.28. The summed E-state index contributed by atoms with van der Waals surface area (Å²) in [5, 5.41) is 0.398. The fraction of sp³-hybridized carbons (Fsp3) is 0.692. The smallest absolute Gasteiger partial charge is 0.131 e. The monoisotopic (exact) mass is 253 g/mol. The molecule has 1 saturated carbocycles. The third kappa shape index (κ3) is 3.32. The minimum atomic E-state index is 0.398. The van der Waals surface area contributed by atoms with Crippen molar-refractivity contribution in [1.82, 2.24) is 9.97 Å². The van der Waals surface area contributed by atoms with Gasteiger partial charge in [-0.2, -0.15) is 0 Å². The van der Waals surface area contributed by atoms with E-state index in [-0.39, 0.29) is 0 Å². The zero-order valence-electron chi connectivity index (χ0n) is 10.6. The topological polar surface area (TPSA) is 29.0 Å². The number of nitrogens with zero attached hydrogens (tertiary/aromatic N) is 3. The van der Waals surface area contributed by atoms with Crippen LogP contribution in [0.5, 0.6) is 0 Å². The van der Waals surface area contributed by atoms with Gasteiger partial charge in [0.1, 0.15) is 12.1 Å². The van der Waals surface area contributed by atoms with Crippen LogP contribution in [0.2, 0.25) is 0 Å². The van der Waals surface area contributed by atoms with Crippen molar-refractivity contribution in [3.63, 3.8) is 0 Å². The van der Waals surface area contributed by atoms with E-state index < -0.39 is 0 Å². The number of aromatic nitrogens is 2. The lowest BCUT2D eigenvalue weighted by Crippen LogP contribution is -2.35. The predicted molar refractivity (Wildman–Crippen MR) is 71.7 cm³/mol. The lowest BCUT2D eigenvalue weighted by Gasteiger charge is -2.34. The Morgan fingerprint density at radius 3 is 2.82 bits per heavy atom. The SMILES string of the molecule is CCCc1cc(N(C)CC2CC(Cl)C2)ncn1. The molecule has 17 heavy (non-hydrogen) atoms. The summed E-state index contributed by atoms with van der Waals surface area (Å²) < 4.78 is 0. The molecule has 2 rings (SSSR count). The molecule has 0 radical (unpaired) electrons. The normalized spacial score (nSPS) is 23.2. The number of aryl methyl sites for hydroxylation is 1. The summed E-state index contributed by atoms with van der Waals surface area (Å²) in [6, 6.07) is 2.10. The van der Waals surface area contributed by atoms with E-state index in [0.29, 0.717) is 5.38 Å². The minimum absolute atomic E-state index is 0.398. The highest BCUT2D eigenvalue weighted by atomic mass is 35.5. The van der Waals surface area contributed by atoms with Gasteiger partial charge >= 0.3 is 0 Å². The number of rotatable bonds is 5. The molecule has 0 aromatic carbocycles. The van der Waals surface area contributed by atoms with Crippen LogP contribution in [0.25, 0.3) is 0 Å². The standard InChI is InChI=1S/C13H20ClN3/c1-3-4-12-7-13(16-9-15-12)17(2)8-10-5-11(14)6-10/h7,9-11H,3-6,8H2,1-2H3. The summed E-state index contributed by atoms with van der Waals surface area (Å²) in [6.45, 7) is 3.21. The van der Waals surface area contributed by atoms with E-state index in [0.717, 1.165) is 49.7 Å². The van der Waals surface area contributed by atoms with Crippen LogP contribution < -0.4 is 4.90 Å². The zero-order valence-corrected chi connectivity index (χ0v) is 11.3. The van der Waals surface area contributed by atoms with Crippen molar-refractivity contribution in [1.29, 1.82) is 0 Å². The molecule has 3 nitrogen and oxygen atoms in total. The Morgan fingerprint density at radius 1 is 1.41 bits per heavy atom. The number of halogens is 1. The van der Waals surface area contributed by atoms with Gasteiger partial charge in [0.05, 0.1) is 0 Å². The maximum atomic E-state index is 6.00. The van der Waals surface area contributed by atoms with Crippen LogP contribution >= 0.6 is 11.6 Å². The summed E-state index contributed by atoms with van der Waals surface area (Å²) in [5.74, 6) is 1.76. The molecule has 0 aliphatic heterocycles. The van der Waals surface area contributed by atoms with Gasteiger partial charge in [-0.15, -0.1) is 11.6 Å². The summed E-state index contributed by atoms with van der Waals surface area (Å²) in [5.41, 5.74) is 1.13. The van der Waals surface area contributed by atoms with Crippen molar-refractivity contribution in [3.05, 3.63) is 18.1 Å².